The van der Waals surface area contributed by atoms with Gasteiger partial charge in [0.1, 0.15) is 0 Å². The van der Waals surface area contributed by atoms with Crippen LogP contribution < -0.4 is 5.32 Å². The predicted molar refractivity (Wildman–Crippen MR) is 68.9 cm³/mol. The fraction of sp³-hybridized carbons (Fsp3) is 0.923. The lowest BCUT2D eigenvalue weighted by Gasteiger charge is -2.17. The van der Waals surface area contributed by atoms with Gasteiger partial charge in [-0.15, -0.1) is 0 Å². The van der Waals surface area contributed by atoms with Crippen molar-refractivity contribution in [3.8, 4) is 0 Å². The molecule has 1 aliphatic heterocycles. The summed E-state index contributed by atoms with van der Waals surface area (Å²) in [4.78, 5) is 16.3. The molecule has 2 fully saturated rings. The molecule has 0 aromatic heterocycles. The number of nitrogens with zero attached hydrogens (tertiary/aromatic N) is 2. The lowest BCUT2D eigenvalue weighted by atomic mass is 10.2. The number of unbranched alkanes of at least 4 members (excludes halogenated alkanes) is 1. The molecule has 17 heavy (non-hydrogen) atoms. The van der Waals surface area contributed by atoms with E-state index in [4.69, 9.17) is 0 Å². The van der Waals surface area contributed by atoms with Crippen molar-refractivity contribution in [3.05, 3.63) is 0 Å². The van der Waals surface area contributed by atoms with Crippen molar-refractivity contribution in [3.63, 3.8) is 0 Å². The Morgan fingerprint density at radius 2 is 2.06 bits per heavy atom. The Kier molecular flexibility index (Phi) is 4.40. The van der Waals surface area contributed by atoms with Crippen LogP contribution in [0.3, 0.4) is 0 Å². The third kappa shape index (κ3) is 3.96. The highest BCUT2D eigenvalue weighted by molar-refractivity contribution is 5.84. The van der Waals surface area contributed by atoms with E-state index in [1.54, 1.807) is 0 Å². The fourth-order valence-electron chi connectivity index (χ4n) is 2.38. The molecule has 1 saturated carbocycles. The summed E-state index contributed by atoms with van der Waals surface area (Å²) in [5, 5.41) is 3.44. The van der Waals surface area contributed by atoms with E-state index in [0.717, 1.165) is 32.5 Å². The molecule has 1 atom stereocenters. The zero-order valence-corrected chi connectivity index (χ0v) is 11.1. The SMILES string of the molecule is CN(C)CCCCN1CCC(NC2CC2)C1=O. The first-order valence-corrected chi connectivity index (χ1v) is 6.86. The topological polar surface area (TPSA) is 35.6 Å². The van der Waals surface area contributed by atoms with Crippen LogP contribution in [0, 0.1) is 0 Å². The molecule has 4 heteroatoms. The summed E-state index contributed by atoms with van der Waals surface area (Å²) in [6.07, 6.45) is 5.82. The number of amides is 1. The van der Waals surface area contributed by atoms with Gasteiger partial charge in [-0.05, 0) is 52.7 Å². The van der Waals surface area contributed by atoms with Gasteiger partial charge in [-0.25, -0.2) is 0 Å². The maximum absolute atomic E-state index is 12.0. The Morgan fingerprint density at radius 1 is 1.29 bits per heavy atom. The highest BCUT2D eigenvalue weighted by atomic mass is 16.2. The van der Waals surface area contributed by atoms with Crippen molar-refractivity contribution in [2.24, 2.45) is 0 Å². The van der Waals surface area contributed by atoms with Crippen LogP contribution in [0.5, 0.6) is 0 Å². The lowest BCUT2D eigenvalue weighted by molar-refractivity contribution is -0.129. The molecule has 1 unspecified atom stereocenters. The van der Waals surface area contributed by atoms with Gasteiger partial charge in [-0.1, -0.05) is 0 Å². The summed E-state index contributed by atoms with van der Waals surface area (Å²) in [5.74, 6) is 0.335. The highest BCUT2D eigenvalue weighted by Crippen LogP contribution is 2.22. The normalized spacial score (nSPS) is 25.0. The van der Waals surface area contributed by atoms with Crippen LogP contribution in [-0.2, 0) is 4.79 Å². The largest absolute Gasteiger partial charge is 0.341 e. The third-order valence-corrected chi connectivity index (χ3v) is 3.60. The quantitative estimate of drug-likeness (QED) is 0.664. The van der Waals surface area contributed by atoms with Crippen molar-refractivity contribution in [1.82, 2.24) is 15.1 Å². The van der Waals surface area contributed by atoms with Crippen molar-refractivity contribution in [2.75, 3.05) is 33.7 Å². The average molecular weight is 239 g/mol. The van der Waals surface area contributed by atoms with E-state index in [-0.39, 0.29) is 6.04 Å². The molecule has 0 aromatic carbocycles. The Bertz CT molecular complexity index is 263. The molecule has 4 nitrogen and oxygen atoms in total. The van der Waals surface area contributed by atoms with Crippen LogP contribution >= 0.6 is 0 Å². The molecular weight excluding hydrogens is 214 g/mol. The number of carbonyl (C=O) groups excluding carboxylic acids is 1. The summed E-state index contributed by atoms with van der Waals surface area (Å²) in [6, 6.07) is 0.758. The summed E-state index contributed by atoms with van der Waals surface area (Å²) < 4.78 is 0. The molecule has 98 valence electrons. The zero-order valence-electron chi connectivity index (χ0n) is 11.1. The van der Waals surface area contributed by atoms with E-state index >= 15 is 0 Å². The minimum absolute atomic E-state index is 0.122. The second-order valence-electron chi connectivity index (χ2n) is 5.62. The fourth-order valence-corrected chi connectivity index (χ4v) is 2.38. The molecule has 1 N–H and O–H groups in total. The van der Waals surface area contributed by atoms with Gasteiger partial charge in [-0.2, -0.15) is 0 Å². The molecule has 1 heterocycles. The Hall–Kier alpha value is -0.610. The van der Waals surface area contributed by atoms with Gasteiger partial charge in [-0.3, -0.25) is 4.79 Å². The summed E-state index contributed by atoms with van der Waals surface area (Å²) >= 11 is 0. The smallest absolute Gasteiger partial charge is 0.239 e. The van der Waals surface area contributed by atoms with Crippen LogP contribution in [0.4, 0.5) is 0 Å². The summed E-state index contributed by atoms with van der Waals surface area (Å²) in [5.41, 5.74) is 0. The van der Waals surface area contributed by atoms with Gasteiger partial charge < -0.3 is 15.1 Å². The first-order chi connectivity index (χ1) is 8.16. The average Bonchev–Trinajstić information content (AvgIpc) is 3.02. The molecule has 0 aromatic rings. The van der Waals surface area contributed by atoms with Gasteiger partial charge in [0.05, 0.1) is 6.04 Å². The van der Waals surface area contributed by atoms with E-state index in [1.807, 2.05) is 4.90 Å². The summed E-state index contributed by atoms with van der Waals surface area (Å²) in [7, 11) is 4.19. The van der Waals surface area contributed by atoms with E-state index < -0.39 is 0 Å². The number of likely N-dealkylation sites (tertiary alicyclic amines) is 1. The Balaban J connectivity index is 1.62. The second-order valence-corrected chi connectivity index (χ2v) is 5.62. The second kappa shape index (κ2) is 5.83. The van der Waals surface area contributed by atoms with Gasteiger partial charge >= 0.3 is 0 Å². The van der Waals surface area contributed by atoms with Crippen molar-refractivity contribution >= 4 is 5.91 Å². The minimum Gasteiger partial charge on any atom is -0.341 e. The molecule has 1 amide bonds. The molecule has 0 bridgehead atoms. The van der Waals surface area contributed by atoms with E-state index in [9.17, 15) is 4.79 Å². The van der Waals surface area contributed by atoms with Gasteiger partial charge in [0.15, 0.2) is 0 Å². The van der Waals surface area contributed by atoms with Gasteiger partial charge in [0.2, 0.25) is 5.91 Å². The van der Waals surface area contributed by atoms with Crippen LogP contribution in [0.1, 0.15) is 32.1 Å². The zero-order chi connectivity index (χ0) is 12.3. The first kappa shape index (κ1) is 12.8. The van der Waals surface area contributed by atoms with Crippen LogP contribution in [0.15, 0.2) is 0 Å². The molecule has 1 saturated heterocycles. The Morgan fingerprint density at radius 3 is 2.71 bits per heavy atom. The summed E-state index contributed by atoms with van der Waals surface area (Å²) in [6.45, 7) is 3.01. The lowest BCUT2D eigenvalue weighted by Crippen LogP contribution is -2.39. The Labute approximate surface area is 104 Å². The molecular formula is C13H25N3O. The highest BCUT2D eigenvalue weighted by Gasteiger charge is 2.34. The number of rotatable bonds is 7. The van der Waals surface area contributed by atoms with Crippen molar-refractivity contribution in [2.45, 2.75) is 44.2 Å². The number of hydrogen-bond acceptors (Lipinski definition) is 3. The molecule has 0 radical (unpaired) electrons. The van der Waals surface area contributed by atoms with E-state index in [1.165, 1.54) is 19.3 Å². The number of hydrogen-bond donors (Lipinski definition) is 1. The minimum atomic E-state index is 0.122. The third-order valence-electron chi connectivity index (χ3n) is 3.60. The first-order valence-electron chi connectivity index (χ1n) is 6.86. The van der Waals surface area contributed by atoms with E-state index in [2.05, 4.69) is 24.3 Å². The maximum atomic E-state index is 12.0. The van der Waals surface area contributed by atoms with Crippen molar-refractivity contribution < 1.29 is 4.79 Å². The van der Waals surface area contributed by atoms with E-state index in [0.29, 0.717) is 11.9 Å². The van der Waals surface area contributed by atoms with Gasteiger partial charge in [0.25, 0.3) is 0 Å². The van der Waals surface area contributed by atoms with Crippen LogP contribution in [0.25, 0.3) is 0 Å². The van der Waals surface area contributed by atoms with Crippen LogP contribution in [-0.4, -0.2) is 61.5 Å². The maximum Gasteiger partial charge on any atom is 0.239 e. The molecule has 0 spiro atoms. The van der Waals surface area contributed by atoms with Crippen molar-refractivity contribution in [1.29, 1.82) is 0 Å². The monoisotopic (exact) mass is 239 g/mol. The molecule has 2 rings (SSSR count). The number of nitrogens with one attached hydrogen (secondary N) is 1. The molecule has 1 aliphatic carbocycles. The standard InChI is InChI=1S/C13H25N3O/c1-15(2)8-3-4-9-16-10-7-12(13(16)17)14-11-5-6-11/h11-12,14H,3-10H2,1-2H3. The molecule has 2 aliphatic rings. The number of carbonyl (C=O) groups is 1. The predicted octanol–water partition coefficient (Wildman–Crippen LogP) is 0.681. The van der Waals surface area contributed by atoms with Gasteiger partial charge in [0, 0.05) is 19.1 Å². The van der Waals surface area contributed by atoms with Crippen LogP contribution in [0.2, 0.25) is 0 Å².